The first-order valence-corrected chi connectivity index (χ1v) is 10.3. The number of nitrogens with zero attached hydrogens (tertiary/aromatic N) is 2. The van der Waals surface area contributed by atoms with E-state index in [9.17, 15) is 9.59 Å². The van der Waals surface area contributed by atoms with E-state index in [-0.39, 0.29) is 18.0 Å². The predicted octanol–water partition coefficient (Wildman–Crippen LogP) is 0.0676. The Morgan fingerprint density at radius 2 is 1.80 bits per heavy atom. The molecule has 0 bridgehead atoms. The van der Waals surface area contributed by atoms with E-state index in [2.05, 4.69) is 39.7 Å². The SMILES string of the molecule is CCNC(=NCc1ccc(C(=O)NCC(N)=O)cc1)NCC(C)(C)N1CCOCC1. The molecule has 0 aliphatic carbocycles. The third-order valence-electron chi connectivity index (χ3n) is 4.96. The minimum atomic E-state index is -0.574. The van der Waals surface area contributed by atoms with Gasteiger partial charge in [-0.05, 0) is 38.5 Å². The van der Waals surface area contributed by atoms with E-state index in [1.54, 1.807) is 12.1 Å². The summed E-state index contributed by atoms with van der Waals surface area (Å²) in [5.41, 5.74) is 6.48. The third-order valence-corrected chi connectivity index (χ3v) is 4.96. The van der Waals surface area contributed by atoms with Crippen molar-refractivity contribution in [3.63, 3.8) is 0 Å². The zero-order valence-corrected chi connectivity index (χ0v) is 18.2. The maximum Gasteiger partial charge on any atom is 0.251 e. The molecular formula is C21H34N6O3. The molecule has 1 aliphatic heterocycles. The number of aliphatic imine (C=N–C) groups is 1. The van der Waals surface area contributed by atoms with Gasteiger partial charge in [0.1, 0.15) is 0 Å². The number of morpholine rings is 1. The van der Waals surface area contributed by atoms with Crippen LogP contribution in [-0.4, -0.2) is 74.2 Å². The third kappa shape index (κ3) is 7.64. The lowest BCUT2D eigenvalue weighted by molar-refractivity contribution is -0.117. The van der Waals surface area contributed by atoms with Crippen LogP contribution in [0.5, 0.6) is 0 Å². The molecule has 2 amide bonds. The highest BCUT2D eigenvalue weighted by molar-refractivity contribution is 5.96. The molecule has 9 heteroatoms. The quantitative estimate of drug-likeness (QED) is 0.333. The Balaban J connectivity index is 1.91. The fourth-order valence-corrected chi connectivity index (χ4v) is 3.12. The summed E-state index contributed by atoms with van der Waals surface area (Å²) in [6, 6.07) is 7.12. The molecule has 1 aliphatic rings. The number of carbonyl (C=O) groups excluding carboxylic acids is 2. The Morgan fingerprint density at radius 3 is 2.40 bits per heavy atom. The average Bonchev–Trinajstić information content (AvgIpc) is 2.75. The molecule has 0 unspecified atom stereocenters. The van der Waals surface area contributed by atoms with Crippen molar-refractivity contribution < 1.29 is 14.3 Å². The van der Waals surface area contributed by atoms with Crippen LogP contribution in [0.3, 0.4) is 0 Å². The van der Waals surface area contributed by atoms with Gasteiger partial charge in [0.2, 0.25) is 5.91 Å². The van der Waals surface area contributed by atoms with Crippen LogP contribution in [-0.2, 0) is 16.1 Å². The first kappa shape index (κ1) is 23.6. The van der Waals surface area contributed by atoms with Crippen molar-refractivity contribution in [2.45, 2.75) is 32.9 Å². The summed E-state index contributed by atoms with van der Waals surface area (Å²) in [5.74, 6) is -0.152. The van der Waals surface area contributed by atoms with Gasteiger partial charge in [0, 0.05) is 37.3 Å². The highest BCUT2D eigenvalue weighted by Gasteiger charge is 2.28. The molecule has 30 heavy (non-hydrogen) atoms. The highest BCUT2D eigenvalue weighted by Crippen LogP contribution is 2.15. The highest BCUT2D eigenvalue weighted by atomic mass is 16.5. The predicted molar refractivity (Wildman–Crippen MR) is 117 cm³/mol. The van der Waals surface area contributed by atoms with Crippen molar-refractivity contribution >= 4 is 17.8 Å². The maximum atomic E-state index is 11.9. The summed E-state index contributed by atoms with van der Waals surface area (Å²) in [6.45, 7) is 11.7. The zero-order chi connectivity index (χ0) is 22.0. The summed E-state index contributed by atoms with van der Waals surface area (Å²) in [4.78, 5) is 29.8. The molecule has 5 N–H and O–H groups in total. The second-order valence-corrected chi connectivity index (χ2v) is 7.81. The molecule has 0 atom stereocenters. The summed E-state index contributed by atoms with van der Waals surface area (Å²) in [5, 5.41) is 9.18. The molecule has 9 nitrogen and oxygen atoms in total. The van der Waals surface area contributed by atoms with Gasteiger partial charge >= 0.3 is 0 Å². The largest absolute Gasteiger partial charge is 0.379 e. The van der Waals surface area contributed by atoms with Crippen LogP contribution in [0, 0.1) is 0 Å². The number of primary amides is 1. The minimum absolute atomic E-state index is 0.0140. The van der Waals surface area contributed by atoms with Crippen molar-refractivity contribution in [2.24, 2.45) is 10.7 Å². The molecule has 0 aromatic heterocycles. The Morgan fingerprint density at radius 1 is 1.13 bits per heavy atom. The molecule has 2 rings (SSSR count). The monoisotopic (exact) mass is 418 g/mol. The Labute approximate surface area is 178 Å². The van der Waals surface area contributed by atoms with Gasteiger partial charge in [-0.15, -0.1) is 0 Å². The molecule has 1 aromatic carbocycles. The van der Waals surface area contributed by atoms with Gasteiger partial charge in [0.15, 0.2) is 5.96 Å². The van der Waals surface area contributed by atoms with Crippen LogP contribution in [0.2, 0.25) is 0 Å². The number of carbonyl (C=O) groups is 2. The second-order valence-electron chi connectivity index (χ2n) is 7.81. The number of rotatable bonds is 9. The van der Waals surface area contributed by atoms with Crippen LogP contribution in [0.15, 0.2) is 29.3 Å². The van der Waals surface area contributed by atoms with Crippen molar-refractivity contribution in [1.29, 1.82) is 0 Å². The van der Waals surface area contributed by atoms with Crippen LogP contribution >= 0.6 is 0 Å². The van der Waals surface area contributed by atoms with E-state index in [4.69, 9.17) is 10.5 Å². The Bertz CT molecular complexity index is 727. The molecule has 0 saturated carbocycles. The van der Waals surface area contributed by atoms with E-state index in [1.165, 1.54) is 0 Å². The molecule has 1 aromatic rings. The lowest BCUT2D eigenvalue weighted by atomic mass is 10.0. The minimum Gasteiger partial charge on any atom is -0.379 e. The maximum absolute atomic E-state index is 11.9. The summed E-state index contributed by atoms with van der Waals surface area (Å²) in [6.07, 6.45) is 0. The van der Waals surface area contributed by atoms with Gasteiger partial charge in [0.05, 0.1) is 26.3 Å². The van der Waals surface area contributed by atoms with Gasteiger partial charge < -0.3 is 26.4 Å². The molecule has 1 heterocycles. The number of guanidine groups is 1. The number of benzene rings is 1. The summed E-state index contributed by atoms with van der Waals surface area (Å²) >= 11 is 0. The Hall–Kier alpha value is -2.65. The van der Waals surface area contributed by atoms with Crippen molar-refractivity contribution in [1.82, 2.24) is 20.9 Å². The van der Waals surface area contributed by atoms with Crippen molar-refractivity contribution in [2.75, 3.05) is 45.9 Å². The van der Waals surface area contributed by atoms with Gasteiger partial charge in [0.25, 0.3) is 5.91 Å². The van der Waals surface area contributed by atoms with E-state index in [0.29, 0.717) is 12.1 Å². The normalized spacial score (nSPS) is 15.5. The Kier molecular flexibility index (Phi) is 9.07. The average molecular weight is 419 g/mol. The summed E-state index contributed by atoms with van der Waals surface area (Å²) in [7, 11) is 0. The van der Waals surface area contributed by atoms with E-state index in [0.717, 1.165) is 50.9 Å². The van der Waals surface area contributed by atoms with Gasteiger partial charge in [-0.1, -0.05) is 12.1 Å². The van der Waals surface area contributed by atoms with Crippen molar-refractivity contribution in [3.05, 3.63) is 35.4 Å². The number of hydrogen-bond acceptors (Lipinski definition) is 5. The number of amides is 2. The molecule has 1 fully saturated rings. The smallest absolute Gasteiger partial charge is 0.251 e. The molecule has 0 spiro atoms. The van der Waals surface area contributed by atoms with Crippen LogP contribution < -0.4 is 21.7 Å². The van der Waals surface area contributed by atoms with E-state index in [1.807, 2.05) is 19.1 Å². The van der Waals surface area contributed by atoms with E-state index >= 15 is 0 Å². The lowest BCUT2D eigenvalue weighted by Crippen LogP contribution is -2.56. The number of hydrogen-bond donors (Lipinski definition) is 4. The first-order valence-electron chi connectivity index (χ1n) is 10.3. The van der Waals surface area contributed by atoms with Crippen LogP contribution in [0.25, 0.3) is 0 Å². The number of ether oxygens (including phenoxy) is 1. The standard InChI is InChI=1S/C21H34N6O3/c1-4-23-20(26-15-21(2,3)27-9-11-30-12-10-27)25-13-16-5-7-17(8-6-16)19(29)24-14-18(22)28/h5-8H,4,9-15H2,1-3H3,(H2,22,28)(H,24,29)(H2,23,25,26). The first-order chi connectivity index (χ1) is 14.3. The number of nitrogens with one attached hydrogen (secondary N) is 3. The second kappa shape index (κ2) is 11.5. The fourth-order valence-electron chi connectivity index (χ4n) is 3.12. The molecular weight excluding hydrogens is 384 g/mol. The lowest BCUT2D eigenvalue weighted by Gasteiger charge is -2.41. The van der Waals surface area contributed by atoms with Gasteiger partial charge in [-0.25, -0.2) is 4.99 Å². The van der Waals surface area contributed by atoms with E-state index < -0.39 is 5.91 Å². The van der Waals surface area contributed by atoms with Crippen LogP contribution in [0.4, 0.5) is 0 Å². The summed E-state index contributed by atoms with van der Waals surface area (Å²) < 4.78 is 5.45. The molecule has 0 radical (unpaired) electrons. The topological polar surface area (TPSA) is 121 Å². The van der Waals surface area contributed by atoms with Crippen molar-refractivity contribution in [3.8, 4) is 0 Å². The van der Waals surface area contributed by atoms with Crippen LogP contribution in [0.1, 0.15) is 36.7 Å². The fraction of sp³-hybridized carbons (Fsp3) is 0.571. The van der Waals surface area contributed by atoms with Gasteiger partial charge in [-0.3, -0.25) is 14.5 Å². The van der Waals surface area contributed by atoms with Gasteiger partial charge in [-0.2, -0.15) is 0 Å². The number of nitrogens with two attached hydrogens (primary N) is 1. The molecule has 1 saturated heterocycles. The zero-order valence-electron chi connectivity index (χ0n) is 18.2. The molecule has 166 valence electrons.